The number of hydrogen-bond donors (Lipinski definition) is 0. The van der Waals surface area contributed by atoms with Gasteiger partial charge in [-0.1, -0.05) is 0 Å². The first-order chi connectivity index (χ1) is 7.45. The normalized spacial score (nSPS) is 11.1. The van der Waals surface area contributed by atoms with E-state index in [1.165, 1.54) is 6.20 Å². The molecule has 0 amide bonds. The molecule has 0 atom stereocenters. The molecule has 0 spiro atoms. The summed E-state index contributed by atoms with van der Waals surface area (Å²) in [5.74, 6) is 2.50. The van der Waals surface area contributed by atoms with Crippen molar-refractivity contribution >= 4 is 10.1 Å². The lowest BCUT2D eigenvalue weighted by atomic mass is 10.3. The summed E-state index contributed by atoms with van der Waals surface area (Å²) in [6.07, 6.45) is 9.58. The minimum Gasteiger partial charge on any atom is -0.744 e. The van der Waals surface area contributed by atoms with Crippen LogP contribution in [-0.2, 0) is 16.7 Å². The van der Waals surface area contributed by atoms with Gasteiger partial charge in [0.25, 0.3) is 0 Å². The van der Waals surface area contributed by atoms with Crippen LogP contribution in [0.4, 0.5) is 0 Å². The Balaban J connectivity index is 2.96. The number of hydrogen-bond acceptors (Lipinski definition) is 3. The molecule has 0 bridgehead atoms. The molecule has 1 heterocycles. The molecule has 16 heavy (non-hydrogen) atoms. The molecule has 1 aromatic heterocycles. The molecule has 0 N–H and O–H groups in total. The molecule has 0 aliphatic carbocycles. The molecule has 4 nitrogen and oxygen atoms in total. The number of unbranched alkanes of at least 4 members (excludes halogenated alkanes) is 1. The van der Waals surface area contributed by atoms with E-state index in [4.69, 9.17) is 6.42 Å². The number of aryl methyl sites for hydroxylation is 2. The monoisotopic (exact) mass is 239 g/mol. The van der Waals surface area contributed by atoms with Gasteiger partial charge in [-0.25, -0.2) is 13.0 Å². The summed E-state index contributed by atoms with van der Waals surface area (Å²) < 4.78 is 34.5. The first kappa shape index (κ1) is 12.7. The van der Waals surface area contributed by atoms with Crippen LogP contribution in [0.1, 0.15) is 18.4 Å². The van der Waals surface area contributed by atoms with Crippen LogP contribution in [-0.4, -0.2) is 13.0 Å². The van der Waals surface area contributed by atoms with Crippen LogP contribution < -0.4 is 4.57 Å². The SMILES string of the molecule is C#CCCC[n+]1ccc(C)c(S(=O)(=O)[O-])c1. The maximum absolute atomic E-state index is 10.9. The molecule has 0 fully saturated rings. The summed E-state index contributed by atoms with van der Waals surface area (Å²) in [5, 5.41) is 0. The van der Waals surface area contributed by atoms with E-state index in [1.54, 1.807) is 23.8 Å². The summed E-state index contributed by atoms with van der Waals surface area (Å²) in [4.78, 5) is -0.171. The standard InChI is InChI=1S/C11H13NO3S/c1-3-4-5-7-12-8-6-10(2)11(9-12)16(13,14)15/h1,6,8-9H,4-5,7H2,2H3. The Hall–Kier alpha value is -1.38. The van der Waals surface area contributed by atoms with Gasteiger partial charge in [-0.05, 0) is 12.5 Å². The minimum atomic E-state index is -4.40. The maximum atomic E-state index is 10.9. The summed E-state index contributed by atoms with van der Waals surface area (Å²) in [5.41, 5.74) is 0.461. The quantitative estimate of drug-likeness (QED) is 0.334. The fourth-order valence-electron chi connectivity index (χ4n) is 1.35. The second-order valence-electron chi connectivity index (χ2n) is 3.49. The fourth-order valence-corrected chi connectivity index (χ4v) is 2.08. The topological polar surface area (TPSA) is 61.1 Å². The molecule has 0 aromatic carbocycles. The second-order valence-corrected chi connectivity index (χ2v) is 4.84. The highest BCUT2D eigenvalue weighted by Gasteiger charge is 2.11. The van der Waals surface area contributed by atoms with Gasteiger partial charge in [-0.15, -0.1) is 12.3 Å². The maximum Gasteiger partial charge on any atom is 0.186 e. The third-order valence-electron chi connectivity index (χ3n) is 2.19. The van der Waals surface area contributed by atoms with Gasteiger partial charge in [0.2, 0.25) is 0 Å². The first-order valence-electron chi connectivity index (χ1n) is 4.84. The van der Waals surface area contributed by atoms with Gasteiger partial charge in [0.05, 0.1) is 0 Å². The molecule has 1 aromatic rings. The molecule has 0 radical (unpaired) electrons. The van der Waals surface area contributed by atoms with Crippen molar-refractivity contribution in [2.75, 3.05) is 0 Å². The average molecular weight is 239 g/mol. The van der Waals surface area contributed by atoms with Crippen molar-refractivity contribution in [2.45, 2.75) is 31.2 Å². The van der Waals surface area contributed by atoms with Crippen LogP contribution in [0.5, 0.6) is 0 Å². The zero-order valence-electron chi connectivity index (χ0n) is 9.01. The van der Waals surface area contributed by atoms with Gasteiger partial charge in [0, 0.05) is 18.9 Å². The van der Waals surface area contributed by atoms with E-state index in [0.29, 0.717) is 18.5 Å². The number of aromatic nitrogens is 1. The Bertz CT molecular complexity index is 515. The van der Waals surface area contributed by atoms with Crippen molar-refractivity contribution in [1.29, 1.82) is 0 Å². The molecular weight excluding hydrogens is 226 g/mol. The number of rotatable bonds is 4. The molecule has 0 saturated carbocycles. The highest BCUT2D eigenvalue weighted by molar-refractivity contribution is 7.85. The van der Waals surface area contributed by atoms with E-state index in [0.717, 1.165) is 6.42 Å². The molecule has 0 aliphatic rings. The zero-order chi connectivity index (χ0) is 12.2. The Kier molecular flexibility index (Phi) is 4.05. The van der Waals surface area contributed by atoms with Crippen molar-refractivity contribution in [3.8, 4) is 12.3 Å². The van der Waals surface area contributed by atoms with E-state index in [9.17, 15) is 13.0 Å². The Morgan fingerprint density at radius 2 is 2.25 bits per heavy atom. The Morgan fingerprint density at radius 3 is 2.81 bits per heavy atom. The van der Waals surface area contributed by atoms with Crippen LogP contribution in [0, 0.1) is 19.3 Å². The Morgan fingerprint density at radius 1 is 1.56 bits per heavy atom. The van der Waals surface area contributed by atoms with E-state index in [-0.39, 0.29) is 4.90 Å². The van der Waals surface area contributed by atoms with Gasteiger partial charge < -0.3 is 4.55 Å². The lowest BCUT2D eigenvalue weighted by Crippen LogP contribution is -2.34. The van der Waals surface area contributed by atoms with E-state index >= 15 is 0 Å². The highest BCUT2D eigenvalue weighted by Crippen LogP contribution is 2.10. The van der Waals surface area contributed by atoms with Crippen molar-refractivity contribution in [3.05, 3.63) is 24.0 Å². The number of pyridine rings is 1. The largest absolute Gasteiger partial charge is 0.744 e. The lowest BCUT2D eigenvalue weighted by Gasteiger charge is -2.08. The molecule has 0 saturated heterocycles. The summed E-state index contributed by atoms with van der Waals surface area (Å²) in [7, 11) is -4.40. The van der Waals surface area contributed by atoms with E-state index < -0.39 is 10.1 Å². The number of nitrogens with zero attached hydrogens (tertiary/aromatic N) is 1. The third kappa shape index (κ3) is 3.33. The van der Waals surface area contributed by atoms with Gasteiger partial charge in [-0.2, -0.15) is 0 Å². The highest BCUT2D eigenvalue weighted by atomic mass is 32.2. The van der Waals surface area contributed by atoms with Crippen LogP contribution in [0.3, 0.4) is 0 Å². The third-order valence-corrected chi connectivity index (χ3v) is 3.16. The first-order valence-corrected chi connectivity index (χ1v) is 6.25. The minimum absolute atomic E-state index is 0.171. The summed E-state index contributed by atoms with van der Waals surface area (Å²) in [6, 6.07) is 1.61. The summed E-state index contributed by atoms with van der Waals surface area (Å²) >= 11 is 0. The molecule has 86 valence electrons. The zero-order valence-corrected chi connectivity index (χ0v) is 9.83. The van der Waals surface area contributed by atoms with Gasteiger partial charge in [0.15, 0.2) is 12.4 Å². The van der Waals surface area contributed by atoms with Crippen molar-refractivity contribution in [2.24, 2.45) is 0 Å². The predicted molar refractivity (Wildman–Crippen MR) is 57.4 cm³/mol. The van der Waals surface area contributed by atoms with Crippen molar-refractivity contribution < 1.29 is 17.5 Å². The fraction of sp³-hybridized carbons (Fsp3) is 0.364. The lowest BCUT2D eigenvalue weighted by molar-refractivity contribution is -0.699. The smallest absolute Gasteiger partial charge is 0.186 e. The average Bonchev–Trinajstić information content (AvgIpc) is 2.19. The molecule has 5 heteroatoms. The molecule has 0 unspecified atom stereocenters. The predicted octanol–water partition coefficient (Wildman–Crippen LogP) is 0.600. The Labute approximate surface area is 95.7 Å². The second kappa shape index (κ2) is 5.10. The van der Waals surface area contributed by atoms with Crippen LogP contribution >= 0.6 is 0 Å². The van der Waals surface area contributed by atoms with Crippen molar-refractivity contribution in [3.63, 3.8) is 0 Å². The van der Waals surface area contributed by atoms with Crippen LogP contribution in [0.25, 0.3) is 0 Å². The van der Waals surface area contributed by atoms with Gasteiger partial charge in [0.1, 0.15) is 21.6 Å². The number of terminal acetylenes is 1. The molecule has 1 rings (SSSR count). The molecular formula is C11H13NO3S. The van der Waals surface area contributed by atoms with Gasteiger partial charge >= 0.3 is 0 Å². The summed E-state index contributed by atoms with van der Waals surface area (Å²) in [6.45, 7) is 2.20. The van der Waals surface area contributed by atoms with E-state index in [2.05, 4.69) is 5.92 Å². The van der Waals surface area contributed by atoms with Gasteiger partial charge in [-0.3, -0.25) is 0 Å². The van der Waals surface area contributed by atoms with Crippen molar-refractivity contribution in [1.82, 2.24) is 0 Å². The van der Waals surface area contributed by atoms with Crippen LogP contribution in [0.2, 0.25) is 0 Å². The van der Waals surface area contributed by atoms with Crippen LogP contribution in [0.15, 0.2) is 23.4 Å². The van der Waals surface area contributed by atoms with E-state index in [1.807, 2.05) is 0 Å². The molecule has 0 aliphatic heterocycles.